The minimum atomic E-state index is -1.33. The number of rotatable bonds is 7. The van der Waals surface area contributed by atoms with Gasteiger partial charge < -0.3 is 19.5 Å². The Kier molecular flexibility index (Phi) is 6.52. The lowest BCUT2D eigenvalue weighted by atomic mass is 10.0. The molecule has 1 N–H and O–H groups in total. The Morgan fingerprint density at radius 3 is 2.67 bits per heavy atom. The molecule has 0 saturated heterocycles. The lowest BCUT2D eigenvalue weighted by Gasteiger charge is -2.21. The maximum Gasteiger partial charge on any atom is 0.511 e. The van der Waals surface area contributed by atoms with Crippen molar-refractivity contribution < 1.29 is 19.4 Å². The summed E-state index contributed by atoms with van der Waals surface area (Å²) in [7, 11) is 0. The largest absolute Gasteiger partial charge is 0.511 e. The van der Waals surface area contributed by atoms with Gasteiger partial charge in [-0.3, -0.25) is 4.57 Å². The van der Waals surface area contributed by atoms with Gasteiger partial charge in [-0.2, -0.15) is 4.98 Å². The lowest BCUT2D eigenvalue weighted by Crippen LogP contribution is -2.25. The molecule has 0 atom stereocenters. The molecule has 0 saturated carbocycles. The molecule has 0 fully saturated rings. The number of carboxylic acid groups (broad SMARTS) is 1. The van der Waals surface area contributed by atoms with Crippen LogP contribution in [0.1, 0.15) is 36.5 Å². The molecule has 2 aliphatic heterocycles. The molecule has 3 heterocycles. The van der Waals surface area contributed by atoms with Crippen molar-refractivity contribution >= 4 is 22.9 Å². The second kappa shape index (κ2) is 10.3. The van der Waals surface area contributed by atoms with Gasteiger partial charge in [-0.1, -0.05) is 42.5 Å². The van der Waals surface area contributed by atoms with Crippen LogP contribution < -0.4 is 9.47 Å². The molecule has 8 heteroatoms. The Labute approximate surface area is 226 Å². The fourth-order valence-electron chi connectivity index (χ4n) is 5.33. The molecule has 0 unspecified atom stereocenters. The van der Waals surface area contributed by atoms with Crippen molar-refractivity contribution in [2.24, 2.45) is 4.99 Å². The molecule has 198 valence electrons. The fraction of sp³-hybridized carbons (Fsp3) is 0.258. The molecule has 0 radical (unpaired) electrons. The van der Waals surface area contributed by atoms with Crippen LogP contribution >= 0.6 is 0 Å². The maximum absolute atomic E-state index is 11.1. The second-order valence-electron chi connectivity index (χ2n) is 9.82. The summed E-state index contributed by atoms with van der Waals surface area (Å²) in [6.45, 7) is 7.03. The smallest absolute Gasteiger partial charge is 0.465 e. The molecule has 0 aliphatic carbocycles. The Morgan fingerprint density at radius 2 is 1.90 bits per heavy atom. The standard InChI is InChI=1S/C31H30N4O4/c1-3-38-30-33-29-20(2)16-23(25-19-34-15-7-6-10-28(34)32-25)17-26(29)35(30)18-21-11-13-22(14-12-21)24-8-4-5-9-27(24)39-31(36)37/h4-5,8-14,16-17H,3,6-7,15,18-19H2,1-2H3,(H,36,37). The van der Waals surface area contributed by atoms with Gasteiger partial charge in [-0.25, -0.2) is 9.79 Å². The van der Waals surface area contributed by atoms with Gasteiger partial charge in [0.15, 0.2) is 0 Å². The summed E-state index contributed by atoms with van der Waals surface area (Å²) in [6, 6.07) is 20.1. The van der Waals surface area contributed by atoms with Crippen LogP contribution in [-0.2, 0) is 6.54 Å². The molecule has 39 heavy (non-hydrogen) atoms. The summed E-state index contributed by atoms with van der Waals surface area (Å²) in [5.74, 6) is 1.40. The summed E-state index contributed by atoms with van der Waals surface area (Å²) < 4.78 is 13.1. The fourth-order valence-corrected chi connectivity index (χ4v) is 5.33. The van der Waals surface area contributed by atoms with E-state index in [1.54, 1.807) is 12.1 Å². The highest BCUT2D eigenvalue weighted by atomic mass is 16.7. The highest BCUT2D eigenvalue weighted by Crippen LogP contribution is 2.32. The van der Waals surface area contributed by atoms with Crippen molar-refractivity contribution in [3.05, 3.63) is 89.3 Å². The number of imidazole rings is 1. The van der Waals surface area contributed by atoms with E-state index < -0.39 is 6.16 Å². The predicted molar refractivity (Wildman–Crippen MR) is 151 cm³/mol. The number of allylic oxidation sites excluding steroid dienone is 1. The van der Waals surface area contributed by atoms with Crippen molar-refractivity contribution in [3.63, 3.8) is 0 Å². The second-order valence-corrected chi connectivity index (χ2v) is 9.82. The molecule has 0 spiro atoms. The number of hydrogen-bond acceptors (Lipinski definition) is 6. The molecular weight excluding hydrogens is 492 g/mol. The van der Waals surface area contributed by atoms with E-state index >= 15 is 0 Å². The number of nitrogens with zero attached hydrogens (tertiary/aromatic N) is 4. The van der Waals surface area contributed by atoms with Gasteiger partial charge in [0.2, 0.25) is 0 Å². The molecule has 3 aromatic carbocycles. The van der Waals surface area contributed by atoms with Crippen LogP contribution in [0.15, 0.2) is 77.6 Å². The van der Waals surface area contributed by atoms with E-state index in [2.05, 4.69) is 34.6 Å². The Bertz CT molecular complexity index is 1620. The molecule has 2 aliphatic rings. The third-order valence-corrected chi connectivity index (χ3v) is 7.18. The molecule has 6 rings (SSSR count). The maximum atomic E-state index is 11.1. The van der Waals surface area contributed by atoms with Crippen molar-refractivity contribution in [1.82, 2.24) is 14.5 Å². The Hall–Kier alpha value is -4.59. The zero-order valence-electron chi connectivity index (χ0n) is 22.1. The third kappa shape index (κ3) is 4.85. The van der Waals surface area contributed by atoms with Crippen molar-refractivity contribution in [3.8, 4) is 22.9 Å². The highest BCUT2D eigenvalue weighted by molar-refractivity contribution is 6.06. The number of ether oxygens (including phenoxy) is 2. The van der Waals surface area contributed by atoms with E-state index in [0.717, 1.165) is 69.9 Å². The zero-order valence-corrected chi connectivity index (χ0v) is 22.1. The van der Waals surface area contributed by atoms with Crippen LogP contribution in [0, 0.1) is 6.92 Å². The van der Waals surface area contributed by atoms with Crippen molar-refractivity contribution in [2.45, 2.75) is 33.2 Å². The average molecular weight is 523 g/mol. The molecule has 0 amide bonds. The monoisotopic (exact) mass is 522 g/mol. The number of aromatic nitrogens is 2. The number of aliphatic imine (C=N–C) groups is 1. The summed E-state index contributed by atoms with van der Waals surface area (Å²) in [6.07, 6.45) is 3.16. The van der Waals surface area contributed by atoms with Crippen LogP contribution in [0.3, 0.4) is 0 Å². The number of fused-ring (bicyclic) bond motifs is 2. The first-order valence-corrected chi connectivity index (χ1v) is 13.3. The van der Waals surface area contributed by atoms with Crippen LogP contribution in [0.4, 0.5) is 4.79 Å². The normalized spacial score (nSPS) is 14.7. The number of para-hydroxylation sites is 1. The van der Waals surface area contributed by atoms with E-state index in [4.69, 9.17) is 24.6 Å². The predicted octanol–water partition coefficient (Wildman–Crippen LogP) is 6.26. The summed E-state index contributed by atoms with van der Waals surface area (Å²) in [5.41, 5.74) is 7.90. The van der Waals surface area contributed by atoms with Gasteiger partial charge in [0.1, 0.15) is 11.6 Å². The first kappa shape index (κ1) is 24.7. The van der Waals surface area contributed by atoms with Crippen LogP contribution in [0.5, 0.6) is 11.8 Å². The topological polar surface area (TPSA) is 89.2 Å². The third-order valence-electron chi connectivity index (χ3n) is 7.18. The van der Waals surface area contributed by atoms with Gasteiger partial charge in [0.05, 0.1) is 36.4 Å². The molecule has 1 aromatic heterocycles. The molecular formula is C31H30N4O4. The summed E-state index contributed by atoms with van der Waals surface area (Å²) in [4.78, 5) is 23.3. The Morgan fingerprint density at radius 1 is 1.08 bits per heavy atom. The number of benzene rings is 3. The highest BCUT2D eigenvalue weighted by Gasteiger charge is 2.24. The Balaban J connectivity index is 1.34. The van der Waals surface area contributed by atoms with Gasteiger partial charge in [0, 0.05) is 17.7 Å². The van der Waals surface area contributed by atoms with Crippen molar-refractivity contribution in [1.29, 1.82) is 0 Å². The quantitative estimate of drug-likeness (QED) is 0.228. The van der Waals surface area contributed by atoms with Gasteiger partial charge in [0.25, 0.3) is 6.01 Å². The number of aryl methyl sites for hydroxylation is 1. The van der Waals surface area contributed by atoms with Crippen LogP contribution in [-0.4, -0.2) is 51.1 Å². The van der Waals surface area contributed by atoms with E-state index in [-0.39, 0.29) is 0 Å². The van der Waals surface area contributed by atoms with Gasteiger partial charge >= 0.3 is 6.16 Å². The van der Waals surface area contributed by atoms with Gasteiger partial charge in [-0.05, 0) is 67.7 Å². The minimum Gasteiger partial charge on any atom is -0.465 e. The summed E-state index contributed by atoms with van der Waals surface area (Å²) in [5, 5.41) is 9.09. The number of carbonyl (C=O) groups is 1. The average Bonchev–Trinajstić information content (AvgIpc) is 3.52. The van der Waals surface area contributed by atoms with Gasteiger partial charge in [-0.15, -0.1) is 0 Å². The van der Waals surface area contributed by atoms with E-state index in [0.29, 0.717) is 24.9 Å². The molecule has 8 nitrogen and oxygen atoms in total. The number of hydrogen-bond donors (Lipinski definition) is 1. The zero-order chi connectivity index (χ0) is 26.9. The van der Waals surface area contributed by atoms with Crippen LogP contribution in [0.2, 0.25) is 0 Å². The van der Waals surface area contributed by atoms with E-state index in [9.17, 15) is 4.79 Å². The van der Waals surface area contributed by atoms with Crippen molar-refractivity contribution in [2.75, 3.05) is 19.7 Å². The first-order chi connectivity index (χ1) is 19.0. The van der Waals surface area contributed by atoms with E-state index in [1.165, 1.54) is 6.42 Å². The van der Waals surface area contributed by atoms with E-state index in [1.807, 2.05) is 43.3 Å². The minimum absolute atomic E-state index is 0.307. The molecule has 4 aromatic rings. The first-order valence-electron chi connectivity index (χ1n) is 13.3. The lowest BCUT2D eigenvalue weighted by molar-refractivity contribution is 0.144. The van der Waals surface area contributed by atoms with Crippen LogP contribution in [0.25, 0.3) is 22.2 Å². The molecule has 0 bridgehead atoms. The SMILES string of the molecule is CCOc1nc2c(C)cc(C3=NC4=CCCCN4C3)cc2n1Cc1ccc(-c2ccccc2OC(=O)O)cc1. The summed E-state index contributed by atoms with van der Waals surface area (Å²) >= 11 is 0.